The second-order valence-electron chi connectivity index (χ2n) is 3.42. The topological polar surface area (TPSA) is 29.1 Å². The molecule has 1 amide bonds. The Hall–Kier alpha value is -2.23. The van der Waals surface area contributed by atoms with Gasteiger partial charge in [0.25, 0.3) is 5.91 Å². The molecule has 0 saturated heterocycles. The van der Waals surface area contributed by atoms with Gasteiger partial charge < -0.3 is 5.32 Å². The Morgan fingerprint density at radius 2 is 1.65 bits per heavy atom. The summed E-state index contributed by atoms with van der Waals surface area (Å²) in [4.78, 5) is 11.7. The van der Waals surface area contributed by atoms with E-state index in [1.54, 1.807) is 30.3 Å². The van der Waals surface area contributed by atoms with E-state index in [4.69, 9.17) is 0 Å². The van der Waals surface area contributed by atoms with Crippen LogP contribution in [0.1, 0.15) is 10.4 Å². The molecule has 0 aliphatic rings. The zero-order valence-electron chi connectivity index (χ0n) is 8.78. The minimum Gasteiger partial charge on any atom is -0.322 e. The third kappa shape index (κ3) is 2.47. The SMILES string of the molecule is O=C(Nc1ccccc1)c1cccc(F)c1F. The van der Waals surface area contributed by atoms with Crippen LogP contribution >= 0.6 is 0 Å². The van der Waals surface area contributed by atoms with Gasteiger partial charge in [0, 0.05) is 5.69 Å². The Morgan fingerprint density at radius 3 is 2.35 bits per heavy atom. The minimum atomic E-state index is -1.14. The molecule has 0 fully saturated rings. The molecule has 86 valence electrons. The molecule has 0 aromatic heterocycles. The van der Waals surface area contributed by atoms with Crippen LogP contribution in [0, 0.1) is 11.6 Å². The normalized spacial score (nSPS) is 10.0. The second-order valence-corrected chi connectivity index (χ2v) is 3.42. The summed E-state index contributed by atoms with van der Waals surface area (Å²) in [7, 11) is 0. The maximum Gasteiger partial charge on any atom is 0.258 e. The molecule has 0 saturated carbocycles. The van der Waals surface area contributed by atoms with E-state index >= 15 is 0 Å². The number of anilines is 1. The van der Waals surface area contributed by atoms with Crippen LogP contribution in [0.25, 0.3) is 0 Å². The van der Waals surface area contributed by atoms with E-state index in [1.807, 2.05) is 0 Å². The number of carbonyl (C=O) groups excluding carboxylic acids is 1. The van der Waals surface area contributed by atoms with Crippen LogP contribution < -0.4 is 5.32 Å². The van der Waals surface area contributed by atoms with Gasteiger partial charge in [0.2, 0.25) is 0 Å². The molecule has 0 spiro atoms. The smallest absolute Gasteiger partial charge is 0.258 e. The second kappa shape index (κ2) is 4.74. The largest absolute Gasteiger partial charge is 0.322 e. The molecule has 0 aliphatic carbocycles. The highest BCUT2D eigenvalue weighted by Gasteiger charge is 2.14. The van der Waals surface area contributed by atoms with E-state index in [1.165, 1.54) is 12.1 Å². The van der Waals surface area contributed by atoms with Gasteiger partial charge >= 0.3 is 0 Å². The molecule has 2 rings (SSSR count). The van der Waals surface area contributed by atoms with E-state index in [0.717, 1.165) is 6.07 Å². The standard InChI is InChI=1S/C13H9F2NO/c14-11-8-4-7-10(12(11)15)13(17)16-9-5-2-1-3-6-9/h1-8H,(H,16,17). The van der Waals surface area contributed by atoms with Gasteiger partial charge in [-0.3, -0.25) is 4.79 Å². The Kier molecular flexibility index (Phi) is 3.14. The van der Waals surface area contributed by atoms with E-state index in [0.29, 0.717) is 5.69 Å². The molecule has 0 bridgehead atoms. The maximum absolute atomic E-state index is 13.3. The lowest BCUT2D eigenvalue weighted by Gasteiger charge is -2.05. The van der Waals surface area contributed by atoms with Crippen molar-refractivity contribution < 1.29 is 13.6 Å². The Bertz CT molecular complexity index is 540. The summed E-state index contributed by atoms with van der Waals surface area (Å²) in [5, 5.41) is 2.48. The van der Waals surface area contributed by atoms with Gasteiger partial charge in [-0.15, -0.1) is 0 Å². The van der Waals surface area contributed by atoms with Gasteiger partial charge in [-0.05, 0) is 24.3 Å². The van der Waals surface area contributed by atoms with Crippen molar-refractivity contribution in [2.24, 2.45) is 0 Å². The van der Waals surface area contributed by atoms with E-state index < -0.39 is 17.5 Å². The molecule has 0 atom stereocenters. The van der Waals surface area contributed by atoms with Gasteiger partial charge in [-0.1, -0.05) is 24.3 Å². The predicted octanol–water partition coefficient (Wildman–Crippen LogP) is 3.22. The van der Waals surface area contributed by atoms with Crippen LogP contribution in [-0.4, -0.2) is 5.91 Å². The van der Waals surface area contributed by atoms with Crippen molar-refractivity contribution >= 4 is 11.6 Å². The molecule has 2 aromatic rings. The number of hydrogen-bond acceptors (Lipinski definition) is 1. The summed E-state index contributed by atoms with van der Waals surface area (Å²) in [6.45, 7) is 0. The molecule has 0 aliphatic heterocycles. The highest BCUT2D eigenvalue weighted by Crippen LogP contribution is 2.14. The summed E-state index contributed by atoms with van der Waals surface area (Å²) in [6.07, 6.45) is 0. The van der Waals surface area contributed by atoms with Crippen molar-refractivity contribution in [1.29, 1.82) is 0 Å². The van der Waals surface area contributed by atoms with Gasteiger partial charge in [0.05, 0.1) is 5.56 Å². The fourth-order valence-corrected chi connectivity index (χ4v) is 1.40. The summed E-state index contributed by atoms with van der Waals surface area (Å²) < 4.78 is 26.2. The quantitative estimate of drug-likeness (QED) is 0.847. The van der Waals surface area contributed by atoms with Crippen molar-refractivity contribution in [3.8, 4) is 0 Å². The zero-order valence-corrected chi connectivity index (χ0v) is 8.78. The van der Waals surface area contributed by atoms with Crippen LogP contribution in [0.15, 0.2) is 48.5 Å². The molecule has 0 unspecified atom stereocenters. The van der Waals surface area contributed by atoms with Crippen LogP contribution in [-0.2, 0) is 0 Å². The molecule has 1 N–H and O–H groups in total. The first-order valence-corrected chi connectivity index (χ1v) is 4.99. The number of benzene rings is 2. The first-order chi connectivity index (χ1) is 8.18. The van der Waals surface area contributed by atoms with E-state index in [-0.39, 0.29) is 5.56 Å². The molecule has 0 radical (unpaired) electrons. The summed E-state index contributed by atoms with van der Waals surface area (Å²) >= 11 is 0. The third-order valence-electron chi connectivity index (χ3n) is 2.23. The fraction of sp³-hybridized carbons (Fsp3) is 0. The summed E-state index contributed by atoms with van der Waals surface area (Å²) in [5.41, 5.74) is 0.218. The Balaban J connectivity index is 2.24. The van der Waals surface area contributed by atoms with Gasteiger partial charge in [0.15, 0.2) is 11.6 Å². The maximum atomic E-state index is 13.3. The lowest BCUT2D eigenvalue weighted by Crippen LogP contribution is -2.14. The molecule has 2 nitrogen and oxygen atoms in total. The summed E-state index contributed by atoms with van der Waals surface area (Å²) in [5.74, 6) is -2.85. The van der Waals surface area contributed by atoms with E-state index in [9.17, 15) is 13.6 Å². The van der Waals surface area contributed by atoms with Crippen LogP contribution in [0.5, 0.6) is 0 Å². The average Bonchev–Trinajstić information content (AvgIpc) is 2.34. The van der Waals surface area contributed by atoms with E-state index in [2.05, 4.69) is 5.32 Å². The number of halogens is 2. The molecule has 0 heterocycles. The molecule has 4 heteroatoms. The average molecular weight is 233 g/mol. The number of carbonyl (C=O) groups is 1. The van der Waals surface area contributed by atoms with Gasteiger partial charge in [0.1, 0.15) is 0 Å². The Morgan fingerprint density at radius 1 is 0.941 bits per heavy atom. The zero-order chi connectivity index (χ0) is 12.3. The first-order valence-electron chi connectivity index (χ1n) is 4.99. The minimum absolute atomic E-state index is 0.311. The lowest BCUT2D eigenvalue weighted by molar-refractivity contribution is 0.102. The third-order valence-corrected chi connectivity index (χ3v) is 2.23. The monoisotopic (exact) mass is 233 g/mol. The van der Waals surface area contributed by atoms with Crippen molar-refractivity contribution in [3.63, 3.8) is 0 Å². The summed E-state index contributed by atoms with van der Waals surface area (Å²) in [6, 6.07) is 12.1. The molecule has 2 aromatic carbocycles. The highest BCUT2D eigenvalue weighted by molar-refractivity contribution is 6.04. The van der Waals surface area contributed by atoms with Crippen molar-refractivity contribution in [3.05, 3.63) is 65.7 Å². The van der Waals surface area contributed by atoms with Crippen LogP contribution in [0.3, 0.4) is 0 Å². The fourth-order valence-electron chi connectivity index (χ4n) is 1.40. The first kappa shape index (κ1) is 11.3. The number of nitrogens with one attached hydrogen (secondary N) is 1. The number of amides is 1. The van der Waals surface area contributed by atoms with Crippen molar-refractivity contribution in [2.45, 2.75) is 0 Å². The van der Waals surface area contributed by atoms with Gasteiger partial charge in [-0.25, -0.2) is 8.78 Å². The number of rotatable bonds is 2. The Labute approximate surface area is 96.9 Å². The number of para-hydroxylation sites is 1. The predicted molar refractivity (Wildman–Crippen MR) is 60.8 cm³/mol. The van der Waals surface area contributed by atoms with Crippen molar-refractivity contribution in [2.75, 3.05) is 5.32 Å². The van der Waals surface area contributed by atoms with Crippen molar-refractivity contribution in [1.82, 2.24) is 0 Å². The highest BCUT2D eigenvalue weighted by atomic mass is 19.2. The van der Waals surface area contributed by atoms with Crippen LogP contribution in [0.2, 0.25) is 0 Å². The number of hydrogen-bond donors (Lipinski definition) is 1. The lowest BCUT2D eigenvalue weighted by atomic mass is 10.2. The van der Waals surface area contributed by atoms with Crippen LogP contribution in [0.4, 0.5) is 14.5 Å². The molecule has 17 heavy (non-hydrogen) atoms. The molecular weight excluding hydrogens is 224 g/mol. The van der Waals surface area contributed by atoms with Gasteiger partial charge in [-0.2, -0.15) is 0 Å². The molecular formula is C13H9F2NO.